The minimum atomic E-state index is -1.20. The van der Waals surface area contributed by atoms with E-state index in [-0.39, 0.29) is 27.6 Å². The van der Waals surface area contributed by atoms with Gasteiger partial charge in [0.1, 0.15) is 0 Å². The van der Waals surface area contributed by atoms with E-state index in [1.54, 1.807) is 12.1 Å². The molecule has 8 nitrogen and oxygen atoms in total. The van der Waals surface area contributed by atoms with Crippen molar-refractivity contribution in [3.05, 3.63) is 87.0 Å². The highest BCUT2D eigenvalue weighted by Crippen LogP contribution is 2.55. The van der Waals surface area contributed by atoms with Crippen molar-refractivity contribution < 1.29 is 24.7 Å². The number of carbonyl (C=O) groups is 2. The van der Waals surface area contributed by atoms with E-state index in [9.17, 15) is 29.9 Å². The van der Waals surface area contributed by atoms with Gasteiger partial charge in [0.15, 0.2) is 0 Å². The topological polar surface area (TPSA) is 121 Å². The molecule has 2 aromatic rings. The number of aromatic carboxylic acids is 2. The number of carboxylic acids is 2. The number of fused-ring (bicyclic) bond motifs is 1. The van der Waals surface area contributed by atoms with Crippen molar-refractivity contribution in [1.82, 2.24) is 0 Å². The lowest BCUT2D eigenvalue weighted by molar-refractivity contribution is -0.384. The van der Waals surface area contributed by atoms with E-state index in [0.29, 0.717) is 18.8 Å². The van der Waals surface area contributed by atoms with Crippen LogP contribution >= 0.6 is 0 Å². The Morgan fingerprint density at radius 2 is 1.62 bits per heavy atom. The van der Waals surface area contributed by atoms with Gasteiger partial charge in [-0.05, 0) is 35.8 Å². The molecule has 0 bridgehead atoms. The molecule has 2 aromatic carbocycles. The highest BCUT2D eigenvalue weighted by molar-refractivity contribution is 5.90. The molecule has 4 rings (SSSR count). The van der Waals surface area contributed by atoms with Crippen molar-refractivity contribution >= 4 is 28.9 Å². The fraction of sp³-hybridized carbons (Fsp3) is 0.308. The zero-order valence-electron chi connectivity index (χ0n) is 19.2. The number of nitrogens with zero attached hydrogens (tertiary/aromatic N) is 2. The van der Waals surface area contributed by atoms with E-state index >= 15 is 0 Å². The van der Waals surface area contributed by atoms with Gasteiger partial charge >= 0.3 is 11.9 Å². The van der Waals surface area contributed by atoms with Crippen LogP contribution in [0.4, 0.5) is 11.4 Å². The van der Waals surface area contributed by atoms with Crippen LogP contribution in [0.3, 0.4) is 0 Å². The number of rotatable bonds is 5. The molecule has 8 heteroatoms. The van der Waals surface area contributed by atoms with Gasteiger partial charge in [-0.2, -0.15) is 0 Å². The van der Waals surface area contributed by atoms with E-state index in [4.69, 9.17) is 0 Å². The molecule has 0 aromatic heterocycles. The lowest BCUT2D eigenvalue weighted by Crippen LogP contribution is -2.47. The number of benzene rings is 2. The van der Waals surface area contributed by atoms with Gasteiger partial charge in [-0.15, -0.1) is 0 Å². The quantitative estimate of drug-likeness (QED) is 0.353. The number of nitro benzene ring substituents is 1. The van der Waals surface area contributed by atoms with Gasteiger partial charge in [0.25, 0.3) is 5.69 Å². The van der Waals surface area contributed by atoms with Crippen LogP contribution in [0.5, 0.6) is 0 Å². The largest absolute Gasteiger partial charge is 0.478 e. The number of nitro groups is 1. The molecule has 0 saturated heterocycles. The molecular weight excluding hydrogens is 436 g/mol. The first kappa shape index (κ1) is 23.2. The molecule has 34 heavy (non-hydrogen) atoms. The van der Waals surface area contributed by atoms with Crippen molar-refractivity contribution in [3.8, 4) is 0 Å². The zero-order chi connectivity index (χ0) is 24.8. The number of allylic oxidation sites excluding steroid dienone is 2. The second-order valence-electron chi connectivity index (χ2n) is 9.69. The minimum absolute atomic E-state index is 0.111. The van der Waals surface area contributed by atoms with Gasteiger partial charge in [0.2, 0.25) is 0 Å². The zero-order valence-corrected chi connectivity index (χ0v) is 19.2. The van der Waals surface area contributed by atoms with Gasteiger partial charge in [-0.25, -0.2) is 9.59 Å². The van der Waals surface area contributed by atoms with Crippen molar-refractivity contribution in [2.24, 2.45) is 10.8 Å². The van der Waals surface area contributed by atoms with Crippen LogP contribution < -0.4 is 4.90 Å². The first-order valence-electron chi connectivity index (χ1n) is 11.0. The number of non-ortho nitro benzene ring substituents is 1. The van der Waals surface area contributed by atoms with E-state index in [1.165, 1.54) is 17.7 Å². The second kappa shape index (κ2) is 8.13. The molecule has 0 fully saturated rings. The Morgan fingerprint density at radius 1 is 0.971 bits per heavy atom. The highest BCUT2D eigenvalue weighted by atomic mass is 16.6. The van der Waals surface area contributed by atoms with Crippen LogP contribution in [-0.2, 0) is 0 Å². The molecule has 1 aliphatic carbocycles. The van der Waals surface area contributed by atoms with Crippen molar-refractivity contribution in [2.75, 3.05) is 18.0 Å². The maximum atomic E-state index is 11.5. The Morgan fingerprint density at radius 3 is 2.21 bits per heavy atom. The van der Waals surface area contributed by atoms with E-state index in [0.717, 1.165) is 23.6 Å². The number of hydrogen-bond donors (Lipinski definition) is 2. The molecule has 1 atom stereocenters. The summed E-state index contributed by atoms with van der Waals surface area (Å²) in [5, 5.41) is 30.0. The molecule has 0 radical (unpaired) electrons. The third kappa shape index (κ3) is 3.96. The third-order valence-corrected chi connectivity index (χ3v) is 6.98. The average Bonchev–Trinajstić information content (AvgIpc) is 2.78. The molecule has 2 aliphatic rings. The molecule has 0 unspecified atom stereocenters. The maximum absolute atomic E-state index is 11.5. The Labute approximate surface area is 197 Å². The maximum Gasteiger partial charge on any atom is 0.336 e. The van der Waals surface area contributed by atoms with Gasteiger partial charge in [-0.3, -0.25) is 10.1 Å². The molecule has 176 valence electrons. The standard InChI is InChI=1S/C26H26N2O6/c1-25(2)21(16-4-6-17(7-5-16)23(29)30)8-10-26(3)15-27(11-9-22(25)26)19-12-18(24(31)32)13-20(14-19)28(33)34/h4-9,12-14H,10-11,15H2,1-3H3,(H,29,30)(H,31,32)/t26-/m1/s1. The van der Waals surface area contributed by atoms with Gasteiger partial charge < -0.3 is 15.1 Å². The smallest absolute Gasteiger partial charge is 0.336 e. The summed E-state index contributed by atoms with van der Waals surface area (Å²) in [5.74, 6) is -2.16. The predicted molar refractivity (Wildman–Crippen MR) is 128 cm³/mol. The predicted octanol–water partition coefficient (Wildman–Crippen LogP) is 5.26. The summed E-state index contributed by atoms with van der Waals surface area (Å²) in [5.41, 5.74) is 3.20. The monoisotopic (exact) mass is 462 g/mol. The molecule has 2 N–H and O–H groups in total. The molecule has 0 spiro atoms. The van der Waals surface area contributed by atoms with Crippen molar-refractivity contribution in [2.45, 2.75) is 27.2 Å². The summed E-state index contributed by atoms with van der Waals surface area (Å²) in [6.45, 7) is 7.55. The Balaban J connectivity index is 1.68. The van der Waals surface area contributed by atoms with Gasteiger partial charge in [0, 0.05) is 41.7 Å². The molecule has 1 heterocycles. The van der Waals surface area contributed by atoms with Crippen LogP contribution in [0.2, 0.25) is 0 Å². The van der Waals surface area contributed by atoms with E-state index < -0.39 is 16.9 Å². The Bertz CT molecular complexity index is 1230. The average molecular weight is 463 g/mol. The highest BCUT2D eigenvalue weighted by Gasteiger charge is 2.45. The summed E-state index contributed by atoms with van der Waals surface area (Å²) >= 11 is 0. The summed E-state index contributed by atoms with van der Waals surface area (Å²) in [7, 11) is 0. The summed E-state index contributed by atoms with van der Waals surface area (Å²) in [6.07, 6.45) is 5.06. The molecule has 0 saturated carbocycles. The fourth-order valence-corrected chi connectivity index (χ4v) is 5.40. The first-order chi connectivity index (χ1) is 15.9. The van der Waals surface area contributed by atoms with Crippen molar-refractivity contribution in [1.29, 1.82) is 0 Å². The number of anilines is 1. The lowest BCUT2D eigenvalue weighted by atomic mass is 9.58. The van der Waals surface area contributed by atoms with Crippen LogP contribution in [0, 0.1) is 20.9 Å². The van der Waals surface area contributed by atoms with Crippen LogP contribution in [0.25, 0.3) is 5.57 Å². The summed E-state index contributed by atoms with van der Waals surface area (Å²) < 4.78 is 0. The van der Waals surface area contributed by atoms with Crippen LogP contribution in [0.1, 0.15) is 53.5 Å². The molecule has 1 aliphatic heterocycles. The summed E-state index contributed by atoms with van der Waals surface area (Å²) in [4.78, 5) is 35.5. The van der Waals surface area contributed by atoms with Gasteiger partial charge in [0.05, 0.1) is 16.1 Å². The Hall–Kier alpha value is -3.94. The molecular formula is C26H26N2O6. The number of hydrogen-bond acceptors (Lipinski definition) is 5. The third-order valence-electron chi connectivity index (χ3n) is 6.98. The van der Waals surface area contributed by atoms with Crippen LogP contribution in [-0.4, -0.2) is 40.2 Å². The SMILES string of the molecule is CC1(C)C(c2ccc(C(=O)O)cc2)=CC[C@]2(C)CN(c3cc(C(=O)O)cc([N+](=O)[O-])c3)CC=C12. The number of carboxylic acid groups (broad SMARTS) is 2. The minimum Gasteiger partial charge on any atom is -0.478 e. The van der Waals surface area contributed by atoms with E-state index in [2.05, 4.69) is 32.9 Å². The summed E-state index contributed by atoms with van der Waals surface area (Å²) in [6, 6.07) is 10.9. The first-order valence-corrected chi connectivity index (χ1v) is 11.0. The molecule has 0 amide bonds. The Kier molecular flexibility index (Phi) is 5.55. The van der Waals surface area contributed by atoms with Gasteiger partial charge in [-0.1, -0.05) is 50.6 Å². The second-order valence-corrected chi connectivity index (χ2v) is 9.69. The van der Waals surface area contributed by atoms with Crippen LogP contribution in [0.15, 0.2) is 60.2 Å². The normalized spacial score (nSPS) is 21.2. The fourth-order valence-electron chi connectivity index (χ4n) is 5.40. The van der Waals surface area contributed by atoms with Crippen molar-refractivity contribution in [3.63, 3.8) is 0 Å². The van der Waals surface area contributed by atoms with E-state index in [1.807, 2.05) is 17.0 Å². The lowest BCUT2D eigenvalue weighted by Gasteiger charge is -2.51.